The Labute approximate surface area is 265 Å². The molecular weight excluding hydrogens is 607 g/mol. The number of carbonyl (C=O) groups is 4. The van der Waals surface area contributed by atoms with Gasteiger partial charge in [-0.25, -0.2) is 20.8 Å². The molecule has 1 saturated carbocycles. The summed E-state index contributed by atoms with van der Waals surface area (Å²) in [7, 11) is 0. The quantitative estimate of drug-likeness (QED) is 0.299. The van der Waals surface area contributed by atoms with Crippen LogP contribution in [-0.2, 0) is 51.8 Å². The first-order valence-corrected chi connectivity index (χ1v) is 13.3. The third-order valence-corrected chi connectivity index (χ3v) is 7.17. The van der Waals surface area contributed by atoms with Gasteiger partial charge in [0.15, 0.2) is 0 Å². The molecule has 0 spiro atoms. The molecule has 1 aliphatic carbocycles. The number of ether oxygens (including phenoxy) is 1. The second kappa shape index (κ2) is 12.3. The number of carbonyl (C=O) groups excluding carboxylic acids is 3. The van der Waals surface area contributed by atoms with Crippen LogP contribution in [-0.4, -0.2) is 73.4 Å². The van der Waals surface area contributed by atoms with Crippen LogP contribution in [0.4, 0.5) is 4.79 Å². The molecule has 0 bridgehead atoms. The van der Waals surface area contributed by atoms with E-state index in [1.54, 1.807) is 55.4 Å². The Balaban J connectivity index is 0.00000588. The van der Waals surface area contributed by atoms with E-state index in [2.05, 4.69) is 28.4 Å². The van der Waals surface area contributed by atoms with Crippen molar-refractivity contribution >= 4 is 23.9 Å². The second-order valence-corrected chi connectivity index (χ2v) is 12.7. The van der Waals surface area contributed by atoms with Gasteiger partial charge in [-0.2, -0.15) is 5.56 Å². The Morgan fingerprint density at radius 1 is 1.20 bits per heavy atom. The zero-order valence-corrected chi connectivity index (χ0v) is 27.9. The van der Waals surface area contributed by atoms with Crippen molar-refractivity contribution in [2.24, 2.45) is 11.3 Å². The van der Waals surface area contributed by atoms with Crippen molar-refractivity contribution < 1.29 is 61.7 Å². The fourth-order valence-electron chi connectivity index (χ4n) is 5.02. The van der Waals surface area contributed by atoms with Crippen LogP contribution in [0.2, 0.25) is 0 Å². The summed E-state index contributed by atoms with van der Waals surface area (Å²) in [5.41, 5.74) is -2.69. The maximum Gasteiger partial charge on any atom is 0.408 e. The molecule has 3 amide bonds. The summed E-state index contributed by atoms with van der Waals surface area (Å²) in [5.74, 6) is -2.88. The van der Waals surface area contributed by atoms with E-state index in [4.69, 9.17) is 4.74 Å². The Morgan fingerprint density at radius 3 is 2.29 bits per heavy atom. The molecule has 5 atom stereocenters. The largest absolute Gasteiger partial charge is 0.479 e. The molecule has 3 rings (SSSR count). The van der Waals surface area contributed by atoms with E-state index < -0.39 is 70.0 Å². The Bertz CT molecular complexity index is 1280. The maximum absolute atomic E-state index is 14.1. The standard InChI is InChI=1S/C28H40N5O7.Y/c1-10-17-13-28(17,24(37)38)30-21(34)19-12-18(33-22(35)15(2)11-16(3)31-33)14-32(19)23(36)20(26(4,5)6)29-25(39)40-27(7,8)9;/h10,17-20H,1,12-14H2,2-9H3,(H,29,39)(H,30,34)(H,37,38);/q-1;/t17-,18-,19+,20-,28-;/m1./s1. The zero-order chi connectivity index (χ0) is 30.4. The number of alkyl carbamates (subject to hydrolysis) is 1. The van der Waals surface area contributed by atoms with Gasteiger partial charge >= 0.3 is 12.1 Å². The van der Waals surface area contributed by atoms with E-state index >= 15 is 0 Å². The summed E-state index contributed by atoms with van der Waals surface area (Å²) in [6, 6.07) is -0.0139. The fourth-order valence-corrected chi connectivity index (χ4v) is 5.02. The molecule has 2 heterocycles. The molecule has 0 aromatic carbocycles. The number of hydrogen-bond donors (Lipinski definition) is 3. The summed E-state index contributed by atoms with van der Waals surface area (Å²) in [6.45, 7) is 17.3. The van der Waals surface area contributed by atoms with Crippen LogP contribution in [0.1, 0.15) is 71.7 Å². The smallest absolute Gasteiger partial charge is 0.408 e. The molecule has 1 aromatic heterocycles. The number of amides is 3. The Hall–Kier alpha value is -2.60. The topological polar surface area (TPSA) is 160 Å². The fraction of sp³-hybridized carbons (Fsp3) is 0.643. The minimum Gasteiger partial charge on any atom is -0.479 e. The van der Waals surface area contributed by atoms with Crippen LogP contribution >= 0.6 is 0 Å². The molecule has 12 nitrogen and oxygen atoms in total. The first-order valence-electron chi connectivity index (χ1n) is 13.3. The van der Waals surface area contributed by atoms with E-state index in [0.717, 1.165) is 0 Å². The summed E-state index contributed by atoms with van der Waals surface area (Å²) < 4.78 is 6.62. The van der Waals surface area contributed by atoms with Crippen molar-refractivity contribution in [1.82, 2.24) is 25.3 Å². The number of rotatable bonds is 7. The number of hydrogen-bond acceptors (Lipinski definition) is 7. The van der Waals surface area contributed by atoms with E-state index in [0.29, 0.717) is 11.3 Å². The molecule has 1 aliphatic heterocycles. The molecule has 13 heteroatoms. The van der Waals surface area contributed by atoms with Gasteiger partial charge in [0.25, 0.3) is 0 Å². The number of aryl methyl sites for hydroxylation is 2. The predicted molar refractivity (Wildman–Crippen MR) is 145 cm³/mol. The summed E-state index contributed by atoms with van der Waals surface area (Å²) >= 11 is 0. The third-order valence-electron chi connectivity index (χ3n) is 7.17. The van der Waals surface area contributed by atoms with Crippen LogP contribution in [0.15, 0.2) is 17.4 Å². The van der Waals surface area contributed by atoms with Gasteiger partial charge < -0.3 is 34.9 Å². The van der Waals surface area contributed by atoms with Gasteiger partial charge in [-0.1, -0.05) is 33.8 Å². The van der Waals surface area contributed by atoms with Crippen LogP contribution in [0.5, 0.6) is 0 Å². The SMILES string of the molecule is C=C[C@@H]1C[C@]1(NC(=O)[C@@H]1C[C@@H](n2nc(C)[c-]c(C)c2=O)CN1C(=O)[C@@H](NC(=O)OC(C)(C)C)C(C)(C)C)C(=O)O.[Y]. The summed E-state index contributed by atoms with van der Waals surface area (Å²) in [4.78, 5) is 66.7. The number of nitrogens with one attached hydrogen (secondary N) is 2. The Morgan fingerprint density at radius 2 is 1.80 bits per heavy atom. The van der Waals surface area contributed by atoms with E-state index in [1.165, 1.54) is 15.7 Å². The van der Waals surface area contributed by atoms with Crippen molar-refractivity contribution in [3.05, 3.63) is 40.3 Å². The predicted octanol–water partition coefficient (Wildman–Crippen LogP) is 1.88. The Kier molecular flexibility index (Phi) is 10.4. The molecule has 1 saturated heterocycles. The van der Waals surface area contributed by atoms with Crippen molar-refractivity contribution in [2.45, 2.75) is 97.5 Å². The van der Waals surface area contributed by atoms with Crippen LogP contribution in [0.3, 0.4) is 0 Å². The second-order valence-electron chi connectivity index (χ2n) is 12.7. The van der Waals surface area contributed by atoms with Crippen LogP contribution in [0, 0.1) is 31.2 Å². The molecule has 41 heavy (non-hydrogen) atoms. The number of aliphatic carboxylic acids is 1. The van der Waals surface area contributed by atoms with E-state index in [9.17, 15) is 29.1 Å². The van der Waals surface area contributed by atoms with Crippen molar-refractivity contribution in [1.29, 1.82) is 0 Å². The van der Waals surface area contributed by atoms with Crippen molar-refractivity contribution in [2.75, 3.05) is 6.54 Å². The summed E-state index contributed by atoms with van der Waals surface area (Å²) in [6.07, 6.45) is 0.882. The first kappa shape index (κ1) is 34.6. The molecule has 2 aliphatic rings. The molecular formula is C28H40N5O7Y-. The number of carboxylic acid groups (broad SMARTS) is 1. The molecule has 2 fully saturated rings. The van der Waals surface area contributed by atoms with Gasteiger partial charge in [-0.3, -0.25) is 9.59 Å². The summed E-state index contributed by atoms with van der Waals surface area (Å²) in [5, 5.41) is 19.4. The first-order chi connectivity index (χ1) is 18.3. The normalized spacial score (nSPS) is 24.5. The molecule has 3 N–H and O–H groups in total. The number of carboxylic acids is 1. The molecule has 0 unspecified atom stereocenters. The van der Waals surface area contributed by atoms with Gasteiger partial charge in [-0.15, -0.1) is 6.58 Å². The van der Waals surface area contributed by atoms with Gasteiger partial charge in [0.05, 0.1) is 6.04 Å². The molecule has 223 valence electrons. The third kappa shape index (κ3) is 7.63. The van der Waals surface area contributed by atoms with Gasteiger partial charge in [0.2, 0.25) is 11.8 Å². The van der Waals surface area contributed by atoms with E-state index in [1.807, 2.05) is 0 Å². The van der Waals surface area contributed by atoms with Gasteiger partial charge in [-0.05, 0) is 51.6 Å². The van der Waals surface area contributed by atoms with E-state index in [-0.39, 0.29) is 52.1 Å². The van der Waals surface area contributed by atoms with Crippen LogP contribution in [0.25, 0.3) is 0 Å². The van der Waals surface area contributed by atoms with Crippen LogP contribution < -0.4 is 16.2 Å². The average molecular weight is 648 g/mol. The molecule has 1 radical (unpaired) electrons. The van der Waals surface area contributed by atoms with Crippen molar-refractivity contribution in [3.63, 3.8) is 0 Å². The number of aromatic nitrogens is 2. The average Bonchev–Trinajstić information content (AvgIpc) is 3.34. The minimum atomic E-state index is -1.51. The van der Waals surface area contributed by atoms with Crippen molar-refractivity contribution in [3.8, 4) is 0 Å². The minimum absolute atomic E-state index is 0. The monoisotopic (exact) mass is 647 g/mol. The van der Waals surface area contributed by atoms with Gasteiger partial charge in [0.1, 0.15) is 28.8 Å². The number of likely N-dealkylation sites (tertiary alicyclic amines) is 1. The molecule has 1 aromatic rings. The zero-order valence-electron chi connectivity index (χ0n) is 25.0. The number of nitrogens with zero attached hydrogens (tertiary/aromatic N) is 3. The van der Waals surface area contributed by atoms with Gasteiger partial charge in [0, 0.05) is 45.2 Å². The maximum atomic E-state index is 14.1.